The lowest BCUT2D eigenvalue weighted by Crippen LogP contribution is -2.52. The van der Waals surface area contributed by atoms with Crippen molar-refractivity contribution < 1.29 is 8.42 Å². The zero-order valence-corrected chi connectivity index (χ0v) is 20.7. The number of anilines is 1. The predicted molar refractivity (Wildman–Crippen MR) is 129 cm³/mol. The number of rotatable bonds is 7. The number of benzene rings is 1. The Hall–Kier alpha value is -0.780. The van der Waals surface area contributed by atoms with Gasteiger partial charge < -0.3 is 15.1 Å². The predicted octanol–water partition coefficient (Wildman–Crippen LogP) is 2.33. The molecule has 0 spiro atoms. The van der Waals surface area contributed by atoms with Crippen LogP contribution in [0.2, 0.25) is 5.02 Å². The lowest BCUT2D eigenvalue weighted by Gasteiger charge is -2.37. The smallest absolute Gasteiger partial charge is 0.213 e. The van der Waals surface area contributed by atoms with E-state index in [4.69, 9.17) is 11.6 Å². The normalized spacial score (nSPS) is 15.5. The average molecular weight is 544 g/mol. The van der Waals surface area contributed by atoms with Gasteiger partial charge in [-0.2, -0.15) is 0 Å². The van der Waals surface area contributed by atoms with Crippen molar-refractivity contribution in [1.82, 2.24) is 14.5 Å². The van der Waals surface area contributed by atoms with Crippen LogP contribution in [0.4, 0.5) is 5.69 Å². The van der Waals surface area contributed by atoms with Crippen molar-refractivity contribution in [2.24, 2.45) is 4.99 Å². The molecular formula is C18H31ClIN5O2S. The van der Waals surface area contributed by atoms with E-state index in [2.05, 4.69) is 26.2 Å². The first-order valence-electron chi connectivity index (χ1n) is 9.27. The summed E-state index contributed by atoms with van der Waals surface area (Å²) in [4.78, 5) is 8.91. The van der Waals surface area contributed by atoms with Gasteiger partial charge in [-0.25, -0.2) is 12.7 Å². The van der Waals surface area contributed by atoms with Gasteiger partial charge in [-0.3, -0.25) is 4.99 Å². The minimum Gasteiger partial charge on any atom is -0.368 e. The van der Waals surface area contributed by atoms with Crippen molar-refractivity contribution in [2.45, 2.75) is 13.3 Å². The maximum Gasteiger partial charge on any atom is 0.213 e. The maximum absolute atomic E-state index is 11.8. The third-order valence-corrected chi connectivity index (χ3v) is 6.83. The highest BCUT2D eigenvalue weighted by Crippen LogP contribution is 2.20. The molecular weight excluding hydrogens is 513 g/mol. The Balaban J connectivity index is 0.00000392. The van der Waals surface area contributed by atoms with Gasteiger partial charge in [0.1, 0.15) is 0 Å². The van der Waals surface area contributed by atoms with Gasteiger partial charge in [0, 0.05) is 64.1 Å². The van der Waals surface area contributed by atoms with Crippen LogP contribution in [0, 0.1) is 0 Å². The highest BCUT2D eigenvalue weighted by Gasteiger charge is 2.20. The molecule has 10 heteroatoms. The lowest BCUT2D eigenvalue weighted by atomic mass is 10.2. The second kappa shape index (κ2) is 12.0. The SMILES string of the molecule is CCS(=O)(=O)N(C)CCCNC(=NC)N1CCN(c2cccc(Cl)c2)CC1.I. The largest absolute Gasteiger partial charge is 0.368 e. The molecule has 1 fully saturated rings. The molecule has 1 aliphatic rings. The Bertz CT molecular complexity index is 739. The number of hydrogen-bond acceptors (Lipinski definition) is 4. The van der Waals surface area contributed by atoms with Crippen LogP contribution in [-0.2, 0) is 10.0 Å². The molecule has 1 aromatic carbocycles. The van der Waals surface area contributed by atoms with Crippen molar-refractivity contribution in [2.75, 3.05) is 64.0 Å². The fourth-order valence-electron chi connectivity index (χ4n) is 3.04. The van der Waals surface area contributed by atoms with Crippen LogP contribution in [0.5, 0.6) is 0 Å². The molecule has 0 atom stereocenters. The number of guanidine groups is 1. The van der Waals surface area contributed by atoms with Crippen LogP contribution in [0.1, 0.15) is 13.3 Å². The van der Waals surface area contributed by atoms with Gasteiger partial charge in [0.2, 0.25) is 10.0 Å². The molecule has 160 valence electrons. The van der Waals surface area contributed by atoms with Crippen LogP contribution in [-0.4, -0.2) is 82.7 Å². The molecule has 7 nitrogen and oxygen atoms in total. The molecule has 2 rings (SSSR count). The van der Waals surface area contributed by atoms with Gasteiger partial charge in [-0.1, -0.05) is 17.7 Å². The zero-order chi connectivity index (χ0) is 19.9. The molecule has 0 saturated carbocycles. The van der Waals surface area contributed by atoms with Gasteiger partial charge in [0.05, 0.1) is 5.75 Å². The van der Waals surface area contributed by atoms with Crippen LogP contribution < -0.4 is 10.2 Å². The van der Waals surface area contributed by atoms with Crippen LogP contribution in [0.25, 0.3) is 0 Å². The number of halogens is 2. The fraction of sp³-hybridized carbons (Fsp3) is 0.611. The number of nitrogens with one attached hydrogen (secondary N) is 1. The van der Waals surface area contributed by atoms with E-state index in [9.17, 15) is 8.42 Å². The molecule has 1 aromatic rings. The van der Waals surface area contributed by atoms with Gasteiger partial charge in [-0.05, 0) is 31.5 Å². The summed E-state index contributed by atoms with van der Waals surface area (Å²) < 4.78 is 24.9. The fourth-order valence-corrected chi connectivity index (χ4v) is 4.08. The topological polar surface area (TPSA) is 68.2 Å². The molecule has 1 saturated heterocycles. The highest BCUT2D eigenvalue weighted by molar-refractivity contribution is 14.0. The Labute approximate surface area is 191 Å². The van der Waals surface area contributed by atoms with E-state index in [1.807, 2.05) is 18.2 Å². The molecule has 0 radical (unpaired) electrons. The van der Waals surface area contributed by atoms with Crippen molar-refractivity contribution in [3.8, 4) is 0 Å². The summed E-state index contributed by atoms with van der Waals surface area (Å²) in [7, 11) is 0.294. The maximum atomic E-state index is 11.8. The molecule has 1 N–H and O–H groups in total. The molecule has 0 aliphatic carbocycles. The Morgan fingerprint density at radius 3 is 2.54 bits per heavy atom. The molecule has 28 heavy (non-hydrogen) atoms. The summed E-state index contributed by atoms with van der Waals surface area (Å²) in [5.74, 6) is 0.997. The Morgan fingerprint density at radius 1 is 1.29 bits per heavy atom. The molecule has 0 unspecified atom stereocenters. The number of aliphatic imine (C=N–C) groups is 1. The molecule has 0 bridgehead atoms. The van der Waals surface area contributed by atoms with Crippen LogP contribution >= 0.6 is 35.6 Å². The summed E-state index contributed by atoms with van der Waals surface area (Å²) in [6.07, 6.45) is 0.733. The van der Waals surface area contributed by atoms with E-state index in [1.165, 1.54) is 4.31 Å². The molecule has 0 aromatic heterocycles. The van der Waals surface area contributed by atoms with Crippen molar-refractivity contribution in [3.63, 3.8) is 0 Å². The Kier molecular flexibility index (Phi) is 10.9. The lowest BCUT2D eigenvalue weighted by molar-refractivity contribution is 0.371. The van der Waals surface area contributed by atoms with E-state index in [-0.39, 0.29) is 29.7 Å². The van der Waals surface area contributed by atoms with E-state index in [0.717, 1.165) is 49.3 Å². The monoisotopic (exact) mass is 543 g/mol. The molecule has 0 amide bonds. The van der Waals surface area contributed by atoms with E-state index in [0.29, 0.717) is 13.1 Å². The quantitative estimate of drug-likeness (QED) is 0.247. The minimum absolute atomic E-state index is 0. The first-order chi connectivity index (χ1) is 12.9. The van der Waals surface area contributed by atoms with E-state index < -0.39 is 10.0 Å². The summed E-state index contributed by atoms with van der Waals surface area (Å²) in [6, 6.07) is 7.93. The number of piperazine rings is 1. The highest BCUT2D eigenvalue weighted by atomic mass is 127. The van der Waals surface area contributed by atoms with Crippen LogP contribution in [0.15, 0.2) is 29.3 Å². The first-order valence-corrected chi connectivity index (χ1v) is 11.3. The van der Waals surface area contributed by atoms with Gasteiger partial charge in [0.15, 0.2) is 5.96 Å². The summed E-state index contributed by atoms with van der Waals surface area (Å²) in [5, 5.41) is 4.09. The third kappa shape index (κ3) is 7.23. The third-order valence-electron chi connectivity index (χ3n) is 4.74. The van der Waals surface area contributed by atoms with Crippen LogP contribution in [0.3, 0.4) is 0 Å². The number of sulfonamides is 1. The minimum atomic E-state index is -3.11. The van der Waals surface area contributed by atoms with E-state index >= 15 is 0 Å². The van der Waals surface area contributed by atoms with Crippen molar-refractivity contribution >= 4 is 57.2 Å². The second-order valence-electron chi connectivity index (χ2n) is 6.50. The average Bonchev–Trinajstić information content (AvgIpc) is 2.68. The van der Waals surface area contributed by atoms with E-state index in [1.54, 1.807) is 21.0 Å². The second-order valence-corrected chi connectivity index (χ2v) is 9.30. The molecule has 1 aliphatic heterocycles. The standard InChI is InChI=1S/C18H30ClN5O2S.HI/c1-4-27(25,26)22(3)10-6-9-21-18(20-2)24-13-11-23(12-14-24)17-8-5-7-16(19)15-17;/h5,7-8,15H,4,6,9-14H2,1-3H3,(H,20,21);1H. The van der Waals surface area contributed by atoms with Gasteiger partial charge in [0.25, 0.3) is 0 Å². The van der Waals surface area contributed by atoms with Crippen molar-refractivity contribution in [3.05, 3.63) is 29.3 Å². The van der Waals surface area contributed by atoms with Gasteiger partial charge in [-0.15, -0.1) is 24.0 Å². The summed E-state index contributed by atoms with van der Waals surface area (Å²) >= 11 is 6.09. The number of hydrogen-bond donors (Lipinski definition) is 1. The zero-order valence-electron chi connectivity index (χ0n) is 16.8. The summed E-state index contributed by atoms with van der Waals surface area (Å²) in [6.45, 7) is 6.39. The van der Waals surface area contributed by atoms with Crippen molar-refractivity contribution in [1.29, 1.82) is 0 Å². The first kappa shape index (κ1) is 25.3. The van der Waals surface area contributed by atoms with Gasteiger partial charge >= 0.3 is 0 Å². The Morgan fingerprint density at radius 2 is 1.96 bits per heavy atom. The number of nitrogens with zero attached hydrogens (tertiary/aromatic N) is 4. The molecule has 1 heterocycles. The summed E-state index contributed by atoms with van der Waals surface area (Å²) in [5.41, 5.74) is 1.14.